The number of benzene rings is 1. The van der Waals surface area contributed by atoms with Crippen LogP contribution in [0.15, 0.2) is 28.7 Å². The molecule has 0 saturated heterocycles. The highest BCUT2D eigenvalue weighted by Gasteiger charge is 2.13. The Bertz CT molecular complexity index is 522. The first-order valence-electron chi connectivity index (χ1n) is 6.72. The summed E-state index contributed by atoms with van der Waals surface area (Å²) in [5.74, 6) is 0.961. The fourth-order valence-corrected chi connectivity index (χ4v) is 2.19. The van der Waals surface area contributed by atoms with Gasteiger partial charge in [-0.2, -0.15) is 0 Å². The van der Waals surface area contributed by atoms with Crippen LogP contribution in [0.5, 0.6) is 0 Å². The maximum atomic E-state index is 5.90. The second kappa shape index (κ2) is 6.70. The quantitative estimate of drug-likeness (QED) is 0.778. The molecule has 0 aliphatic heterocycles. The van der Waals surface area contributed by atoms with Crippen LogP contribution in [0, 0.1) is 0 Å². The summed E-state index contributed by atoms with van der Waals surface area (Å²) < 4.78 is 11.3. The van der Waals surface area contributed by atoms with Gasteiger partial charge in [0.25, 0.3) is 0 Å². The molecule has 4 heteroatoms. The zero-order chi connectivity index (χ0) is 13.7. The lowest BCUT2D eigenvalue weighted by molar-refractivity contribution is 0.118. The van der Waals surface area contributed by atoms with Crippen LogP contribution in [0.25, 0.3) is 11.0 Å². The summed E-state index contributed by atoms with van der Waals surface area (Å²) in [7, 11) is 2.06. The van der Waals surface area contributed by atoms with Gasteiger partial charge in [0, 0.05) is 30.6 Å². The third-order valence-electron chi connectivity index (χ3n) is 3.22. The van der Waals surface area contributed by atoms with Crippen LogP contribution in [-0.4, -0.2) is 31.7 Å². The minimum atomic E-state index is 0.506. The highest BCUT2D eigenvalue weighted by molar-refractivity contribution is 5.82. The van der Waals surface area contributed by atoms with Crippen molar-refractivity contribution in [3.63, 3.8) is 0 Å². The number of likely N-dealkylation sites (N-methyl/N-ethyl adjacent to an activating group) is 1. The maximum absolute atomic E-state index is 5.90. The number of furan rings is 1. The highest BCUT2D eigenvalue weighted by atomic mass is 16.5. The van der Waals surface area contributed by atoms with Gasteiger partial charge in [-0.15, -0.1) is 0 Å². The lowest BCUT2D eigenvalue weighted by Crippen LogP contribution is -2.23. The van der Waals surface area contributed by atoms with Crippen molar-refractivity contribution < 1.29 is 9.15 Å². The lowest BCUT2D eigenvalue weighted by atomic mass is 10.1. The van der Waals surface area contributed by atoms with Crippen molar-refractivity contribution in [2.45, 2.75) is 20.0 Å². The third kappa shape index (κ3) is 3.35. The summed E-state index contributed by atoms with van der Waals surface area (Å²) in [4.78, 5) is 2.19. The monoisotopic (exact) mass is 262 g/mol. The summed E-state index contributed by atoms with van der Waals surface area (Å²) in [6.07, 6.45) is 0. The molecule has 0 saturated carbocycles. The number of nitrogens with two attached hydrogens (primary N) is 1. The molecule has 1 aromatic heterocycles. The van der Waals surface area contributed by atoms with Gasteiger partial charge in [0.05, 0.1) is 13.2 Å². The van der Waals surface area contributed by atoms with Crippen LogP contribution in [0.1, 0.15) is 18.2 Å². The molecule has 2 N–H and O–H groups in total. The first-order valence-corrected chi connectivity index (χ1v) is 6.72. The smallest absolute Gasteiger partial charge is 0.134 e. The second-order valence-electron chi connectivity index (χ2n) is 4.64. The van der Waals surface area contributed by atoms with Crippen molar-refractivity contribution >= 4 is 11.0 Å². The molecule has 2 rings (SSSR count). The van der Waals surface area contributed by atoms with Crippen LogP contribution in [-0.2, 0) is 17.8 Å². The Balaban J connectivity index is 2.11. The van der Waals surface area contributed by atoms with E-state index in [1.807, 2.05) is 25.1 Å². The Kier molecular flexibility index (Phi) is 4.96. The molecule has 2 aromatic rings. The summed E-state index contributed by atoms with van der Waals surface area (Å²) >= 11 is 0. The number of para-hydroxylation sites is 1. The SMILES string of the molecule is CCOCCN(C)Cc1oc2ccccc2c1CN. The molecule has 1 aromatic carbocycles. The van der Waals surface area contributed by atoms with Crippen molar-refractivity contribution in [2.75, 3.05) is 26.8 Å². The molecular formula is C15H22N2O2. The fourth-order valence-electron chi connectivity index (χ4n) is 2.19. The van der Waals surface area contributed by atoms with Gasteiger partial charge in [0.2, 0.25) is 0 Å². The average molecular weight is 262 g/mol. The predicted octanol–water partition coefficient (Wildman–Crippen LogP) is 2.36. The van der Waals surface area contributed by atoms with Crippen LogP contribution in [0.3, 0.4) is 0 Å². The highest BCUT2D eigenvalue weighted by Crippen LogP contribution is 2.26. The van der Waals surface area contributed by atoms with Gasteiger partial charge in [-0.3, -0.25) is 4.90 Å². The van der Waals surface area contributed by atoms with Gasteiger partial charge in [-0.1, -0.05) is 18.2 Å². The third-order valence-corrected chi connectivity index (χ3v) is 3.22. The average Bonchev–Trinajstić information content (AvgIpc) is 2.76. The molecule has 4 nitrogen and oxygen atoms in total. The molecule has 0 aliphatic carbocycles. The van der Waals surface area contributed by atoms with E-state index in [0.717, 1.165) is 48.6 Å². The number of ether oxygens (including phenoxy) is 1. The van der Waals surface area contributed by atoms with E-state index in [1.54, 1.807) is 0 Å². The molecule has 0 atom stereocenters. The van der Waals surface area contributed by atoms with E-state index < -0.39 is 0 Å². The zero-order valence-corrected chi connectivity index (χ0v) is 11.7. The number of nitrogens with zero attached hydrogens (tertiary/aromatic N) is 1. The molecule has 0 fully saturated rings. The normalized spacial score (nSPS) is 11.6. The first kappa shape index (κ1) is 14.1. The number of fused-ring (bicyclic) bond motifs is 1. The molecule has 0 bridgehead atoms. The van der Waals surface area contributed by atoms with Gasteiger partial charge < -0.3 is 14.9 Å². The molecule has 1 heterocycles. The van der Waals surface area contributed by atoms with Crippen molar-refractivity contribution in [1.29, 1.82) is 0 Å². The fraction of sp³-hybridized carbons (Fsp3) is 0.467. The molecule has 0 spiro atoms. The molecule has 19 heavy (non-hydrogen) atoms. The molecule has 0 aliphatic rings. The van der Waals surface area contributed by atoms with Crippen molar-refractivity contribution in [3.05, 3.63) is 35.6 Å². The first-order chi connectivity index (χ1) is 9.26. The van der Waals surface area contributed by atoms with Crippen LogP contribution in [0.2, 0.25) is 0 Å². The number of hydrogen-bond donors (Lipinski definition) is 1. The van der Waals surface area contributed by atoms with Crippen molar-refractivity contribution in [2.24, 2.45) is 5.73 Å². The van der Waals surface area contributed by atoms with Crippen molar-refractivity contribution in [1.82, 2.24) is 4.90 Å². The maximum Gasteiger partial charge on any atom is 0.134 e. The van der Waals surface area contributed by atoms with E-state index >= 15 is 0 Å². The zero-order valence-electron chi connectivity index (χ0n) is 11.7. The summed E-state index contributed by atoms with van der Waals surface area (Å²) in [6.45, 7) is 5.65. The molecule has 0 unspecified atom stereocenters. The molecule has 104 valence electrons. The predicted molar refractivity (Wildman–Crippen MR) is 76.9 cm³/mol. The van der Waals surface area contributed by atoms with E-state index in [2.05, 4.69) is 18.0 Å². The minimum absolute atomic E-state index is 0.506. The Hall–Kier alpha value is -1.36. The van der Waals surface area contributed by atoms with Crippen LogP contribution in [0.4, 0.5) is 0 Å². The van der Waals surface area contributed by atoms with Gasteiger partial charge in [0.1, 0.15) is 11.3 Å². The number of rotatable bonds is 7. The van der Waals surface area contributed by atoms with Gasteiger partial charge in [-0.05, 0) is 20.0 Å². The largest absolute Gasteiger partial charge is 0.459 e. The van der Waals surface area contributed by atoms with E-state index in [-0.39, 0.29) is 0 Å². The Morgan fingerprint density at radius 2 is 2.11 bits per heavy atom. The topological polar surface area (TPSA) is 51.6 Å². The lowest BCUT2D eigenvalue weighted by Gasteiger charge is -2.15. The van der Waals surface area contributed by atoms with E-state index in [4.69, 9.17) is 14.9 Å². The molecular weight excluding hydrogens is 240 g/mol. The van der Waals surface area contributed by atoms with Gasteiger partial charge in [0.15, 0.2) is 0 Å². The standard InChI is InChI=1S/C15H22N2O2/c1-3-18-9-8-17(2)11-15-13(10-16)12-6-4-5-7-14(12)19-15/h4-7H,3,8-11,16H2,1-2H3. The van der Waals surface area contributed by atoms with E-state index in [1.165, 1.54) is 0 Å². The Labute approximate surface area is 114 Å². The summed E-state index contributed by atoms with van der Waals surface area (Å²) in [5, 5.41) is 1.12. The molecule has 0 radical (unpaired) electrons. The Morgan fingerprint density at radius 3 is 2.84 bits per heavy atom. The van der Waals surface area contributed by atoms with E-state index in [0.29, 0.717) is 6.54 Å². The van der Waals surface area contributed by atoms with Gasteiger partial charge >= 0.3 is 0 Å². The Morgan fingerprint density at radius 1 is 1.32 bits per heavy atom. The van der Waals surface area contributed by atoms with Crippen LogP contribution < -0.4 is 5.73 Å². The summed E-state index contributed by atoms with van der Waals surface area (Å²) in [5.41, 5.74) is 7.88. The molecule has 0 amide bonds. The van der Waals surface area contributed by atoms with E-state index in [9.17, 15) is 0 Å². The number of hydrogen-bond acceptors (Lipinski definition) is 4. The van der Waals surface area contributed by atoms with Crippen LogP contribution >= 0.6 is 0 Å². The summed E-state index contributed by atoms with van der Waals surface area (Å²) in [6, 6.07) is 8.04. The minimum Gasteiger partial charge on any atom is -0.459 e. The van der Waals surface area contributed by atoms with Gasteiger partial charge in [-0.25, -0.2) is 0 Å². The van der Waals surface area contributed by atoms with Crippen molar-refractivity contribution in [3.8, 4) is 0 Å². The second-order valence-corrected chi connectivity index (χ2v) is 4.64.